The van der Waals surface area contributed by atoms with Crippen molar-refractivity contribution in [1.82, 2.24) is 0 Å². The minimum Gasteiger partial charge on any atom is -0.379 e. The summed E-state index contributed by atoms with van der Waals surface area (Å²) >= 11 is 0. The lowest BCUT2D eigenvalue weighted by Gasteiger charge is -2.11. The van der Waals surface area contributed by atoms with E-state index in [0.29, 0.717) is 11.1 Å². The molecule has 10 heteroatoms. The van der Waals surface area contributed by atoms with Gasteiger partial charge in [-0.2, -0.15) is 8.42 Å². The van der Waals surface area contributed by atoms with Gasteiger partial charge >= 0.3 is 10.1 Å². The molecule has 24 heavy (non-hydrogen) atoms. The Hall–Kier alpha value is -3.01. The number of non-ortho nitro benzene ring substituents is 2. The fourth-order valence-corrected chi connectivity index (χ4v) is 3.22. The zero-order chi connectivity index (χ0) is 18.1. The maximum atomic E-state index is 12.4. The summed E-state index contributed by atoms with van der Waals surface area (Å²) in [6, 6.07) is 6.64. The molecule has 2 aromatic carbocycles. The summed E-state index contributed by atoms with van der Waals surface area (Å²) in [5.74, 6) is -0.135. The van der Waals surface area contributed by atoms with Crippen molar-refractivity contribution < 1.29 is 22.4 Å². The van der Waals surface area contributed by atoms with Gasteiger partial charge in [0.1, 0.15) is 10.6 Å². The lowest BCUT2D eigenvalue weighted by Crippen LogP contribution is -2.12. The highest BCUT2D eigenvalue weighted by molar-refractivity contribution is 7.87. The van der Waals surface area contributed by atoms with Crippen LogP contribution in [0.5, 0.6) is 5.75 Å². The van der Waals surface area contributed by atoms with Crippen LogP contribution in [0.1, 0.15) is 11.1 Å². The molecule has 0 saturated carbocycles. The Morgan fingerprint density at radius 1 is 0.917 bits per heavy atom. The molecule has 0 spiro atoms. The predicted molar refractivity (Wildman–Crippen MR) is 83.5 cm³/mol. The SMILES string of the molecule is Cc1cc([N+](=O)[O-])cc(S(=O)(=O)Oc2ccc([N+](=O)[O-])cc2)c1C. The molecule has 0 aliphatic carbocycles. The summed E-state index contributed by atoms with van der Waals surface area (Å²) in [6.45, 7) is 3.05. The van der Waals surface area contributed by atoms with Crippen molar-refractivity contribution in [1.29, 1.82) is 0 Å². The third-order valence-corrected chi connectivity index (χ3v) is 4.71. The lowest BCUT2D eigenvalue weighted by molar-refractivity contribution is -0.385. The average Bonchev–Trinajstić information content (AvgIpc) is 2.49. The van der Waals surface area contributed by atoms with E-state index in [1.807, 2.05) is 0 Å². The lowest BCUT2D eigenvalue weighted by atomic mass is 10.1. The molecule has 0 unspecified atom stereocenters. The molecule has 2 rings (SSSR count). The Morgan fingerprint density at radius 3 is 1.96 bits per heavy atom. The van der Waals surface area contributed by atoms with E-state index in [1.54, 1.807) is 6.92 Å². The van der Waals surface area contributed by atoms with Crippen molar-refractivity contribution in [3.63, 3.8) is 0 Å². The first-order valence-corrected chi connectivity index (χ1v) is 7.97. The van der Waals surface area contributed by atoms with Gasteiger partial charge in [0.25, 0.3) is 11.4 Å². The van der Waals surface area contributed by atoms with E-state index in [0.717, 1.165) is 30.3 Å². The summed E-state index contributed by atoms with van der Waals surface area (Å²) in [7, 11) is -4.33. The highest BCUT2D eigenvalue weighted by Crippen LogP contribution is 2.28. The number of nitrogens with zero attached hydrogens (tertiary/aromatic N) is 2. The van der Waals surface area contributed by atoms with E-state index < -0.39 is 20.0 Å². The fraction of sp³-hybridized carbons (Fsp3) is 0.143. The van der Waals surface area contributed by atoms with E-state index in [2.05, 4.69) is 0 Å². The van der Waals surface area contributed by atoms with E-state index in [4.69, 9.17) is 4.18 Å². The third-order valence-electron chi connectivity index (χ3n) is 3.34. The molecule has 0 radical (unpaired) electrons. The van der Waals surface area contributed by atoms with Gasteiger partial charge in [0.05, 0.1) is 9.85 Å². The standard InChI is InChI=1S/C14H12N2O7S/c1-9-7-12(16(19)20)8-14(10(9)2)24(21,22)23-13-5-3-11(4-6-13)15(17)18/h3-8H,1-2H3. The Balaban J connectivity index is 2.43. The normalized spacial score (nSPS) is 11.1. The molecule has 0 N–H and O–H groups in total. The van der Waals surface area contributed by atoms with Gasteiger partial charge in [0.2, 0.25) is 0 Å². The summed E-state index contributed by atoms with van der Waals surface area (Å²) in [6.07, 6.45) is 0. The van der Waals surface area contributed by atoms with Crippen molar-refractivity contribution in [2.75, 3.05) is 0 Å². The number of aryl methyl sites for hydroxylation is 1. The van der Waals surface area contributed by atoms with Gasteiger partial charge in [-0.25, -0.2) is 0 Å². The van der Waals surface area contributed by atoms with Gasteiger partial charge in [-0.1, -0.05) is 0 Å². The van der Waals surface area contributed by atoms with Gasteiger partial charge < -0.3 is 4.18 Å². The van der Waals surface area contributed by atoms with Crippen molar-refractivity contribution in [2.45, 2.75) is 18.7 Å². The first kappa shape index (κ1) is 17.3. The van der Waals surface area contributed by atoms with Crippen molar-refractivity contribution >= 4 is 21.5 Å². The topological polar surface area (TPSA) is 130 Å². The highest BCUT2D eigenvalue weighted by atomic mass is 32.2. The van der Waals surface area contributed by atoms with Crippen molar-refractivity contribution in [2.24, 2.45) is 0 Å². The van der Waals surface area contributed by atoms with Crippen LogP contribution in [0.4, 0.5) is 11.4 Å². The molecule has 2 aromatic rings. The maximum Gasteiger partial charge on any atom is 0.339 e. The molecule has 0 heterocycles. The Bertz CT molecular complexity index is 921. The number of rotatable bonds is 5. The molecular weight excluding hydrogens is 340 g/mol. The second-order valence-corrected chi connectivity index (χ2v) is 6.45. The van der Waals surface area contributed by atoms with E-state index in [-0.39, 0.29) is 22.0 Å². The predicted octanol–water partition coefficient (Wildman–Crippen LogP) is 2.89. The van der Waals surface area contributed by atoms with Crippen molar-refractivity contribution in [3.05, 3.63) is 67.8 Å². The van der Waals surface area contributed by atoms with Gasteiger partial charge in [-0.3, -0.25) is 20.2 Å². The second kappa shape index (κ2) is 6.24. The van der Waals surface area contributed by atoms with Gasteiger partial charge in [-0.05, 0) is 37.1 Å². The highest BCUT2D eigenvalue weighted by Gasteiger charge is 2.24. The van der Waals surface area contributed by atoms with Crippen LogP contribution >= 0.6 is 0 Å². The largest absolute Gasteiger partial charge is 0.379 e. The number of hydrogen-bond donors (Lipinski definition) is 0. The Kier molecular flexibility index (Phi) is 4.51. The Morgan fingerprint density at radius 2 is 1.46 bits per heavy atom. The molecule has 0 aromatic heterocycles. The van der Waals surface area contributed by atoms with Crippen LogP contribution < -0.4 is 4.18 Å². The first-order chi connectivity index (χ1) is 11.1. The van der Waals surface area contributed by atoms with Crippen LogP contribution in [-0.2, 0) is 10.1 Å². The molecule has 0 amide bonds. The number of nitro groups is 2. The summed E-state index contributed by atoms with van der Waals surface area (Å²) in [5, 5.41) is 21.5. The number of benzene rings is 2. The minimum atomic E-state index is -4.33. The van der Waals surface area contributed by atoms with Gasteiger partial charge in [0.15, 0.2) is 0 Å². The zero-order valence-corrected chi connectivity index (χ0v) is 13.4. The van der Waals surface area contributed by atoms with Crippen LogP contribution in [0.2, 0.25) is 0 Å². The first-order valence-electron chi connectivity index (χ1n) is 6.56. The van der Waals surface area contributed by atoms with Crippen molar-refractivity contribution in [3.8, 4) is 5.75 Å². The van der Waals surface area contributed by atoms with Crippen LogP contribution in [0.3, 0.4) is 0 Å². The van der Waals surface area contributed by atoms with Crippen LogP contribution in [-0.4, -0.2) is 18.3 Å². The molecule has 9 nitrogen and oxygen atoms in total. The van der Waals surface area contributed by atoms with Crippen LogP contribution in [0, 0.1) is 34.1 Å². The van der Waals surface area contributed by atoms with E-state index in [1.165, 1.54) is 13.0 Å². The minimum absolute atomic E-state index is 0.135. The number of nitro benzene ring substituents is 2. The monoisotopic (exact) mass is 352 g/mol. The van der Waals surface area contributed by atoms with Gasteiger partial charge in [0, 0.05) is 24.3 Å². The third kappa shape index (κ3) is 3.49. The zero-order valence-electron chi connectivity index (χ0n) is 12.6. The summed E-state index contributed by atoms with van der Waals surface area (Å²) in [4.78, 5) is 19.8. The molecule has 0 bridgehead atoms. The van der Waals surface area contributed by atoms with E-state index >= 15 is 0 Å². The summed E-state index contributed by atoms with van der Waals surface area (Å²) < 4.78 is 29.7. The Labute approximate surface area is 136 Å². The molecule has 0 atom stereocenters. The maximum absolute atomic E-state index is 12.4. The smallest absolute Gasteiger partial charge is 0.339 e. The molecule has 126 valence electrons. The number of hydrogen-bond acceptors (Lipinski definition) is 7. The quantitative estimate of drug-likeness (QED) is 0.459. The molecule has 0 fully saturated rings. The molecule has 0 saturated heterocycles. The van der Waals surface area contributed by atoms with Crippen LogP contribution in [0.25, 0.3) is 0 Å². The van der Waals surface area contributed by atoms with E-state index in [9.17, 15) is 28.6 Å². The van der Waals surface area contributed by atoms with Gasteiger partial charge in [-0.15, -0.1) is 0 Å². The van der Waals surface area contributed by atoms with Crippen LogP contribution in [0.15, 0.2) is 41.3 Å². The second-order valence-electron chi connectivity index (χ2n) is 4.93. The molecular formula is C14H12N2O7S. The molecule has 0 aliphatic heterocycles. The fourth-order valence-electron chi connectivity index (χ4n) is 1.97. The average molecular weight is 352 g/mol. The summed E-state index contributed by atoms with van der Waals surface area (Å²) in [5.41, 5.74) is 0.156. The molecule has 0 aliphatic rings.